The van der Waals surface area contributed by atoms with Crippen LogP contribution in [-0.4, -0.2) is 80.8 Å². The first kappa shape index (κ1) is 21.1. The van der Waals surface area contributed by atoms with Crippen LogP contribution in [0.15, 0.2) is 21.5 Å². The number of ether oxygens (including phenoxy) is 1. The van der Waals surface area contributed by atoms with Gasteiger partial charge in [-0.1, -0.05) is 6.92 Å². The molecule has 2 aliphatic heterocycles. The smallest absolute Gasteiger partial charge is 0.191 e. The van der Waals surface area contributed by atoms with Gasteiger partial charge in [0.15, 0.2) is 5.96 Å². The van der Waals surface area contributed by atoms with Crippen molar-refractivity contribution in [3.05, 3.63) is 23.7 Å². The molecule has 158 valence electrons. The molecule has 1 aromatic rings. The van der Waals surface area contributed by atoms with Gasteiger partial charge in [0.25, 0.3) is 0 Å². The molecule has 1 aromatic heterocycles. The van der Waals surface area contributed by atoms with Crippen LogP contribution >= 0.6 is 0 Å². The highest BCUT2D eigenvalue weighted by molar-refractivity contribution is 5.80. The molecular weight excluding hydrogens is 354 g/mol. The van der Waals surface area contributed by atoms with Crippen LogP contribution in [0, 0.1) is 12.8 Å². The first-order valence-electron chi connectivity index (χ1n) is 10.6. The van der Waals surface area contributed by atoms with Gasteiger partial charge in [0.05, 0.1) is 19.3 Å². The molecule has 7 nitrogen and oxygen atoms in total. The van der Waals surface area contributed by atoms with E-state index in [9.17, 15) is 0 Å². The average molecular weight is 392 g/mol. The maximum absolute atomic E-state index is 5.97. The second kappa shape index (κ2) is 9.76. The lowest BCUT2D eigenvalue weighted by Gasteiger charge is -2.34. The Morgan fingerprint density at radius 2 is 1.96 bits per heavy atom. The number of morpholine rings is 1. The van der Waals surface area contributed by atoms with E-state index in [-0.39, 0.29) is 6.04 Å². The Hall–Kier alpha value is -1.57. The summed E-state index contributed by atoms with van der Waals surface area (Å²) < 4.78 is 11.5. The van der Waals surface area contributed by atoms with Gasteiger partial charge in [0.1, 0.15) is 11.5 Å². The van der Waals surface area contributed by atoms with E-state index in [0.717, 1.165) is 63.4 Å². The number of furan rings is 1. The van der Waals surface area contributed by atoms with Gasteiger partial charge in [0.2, 0.25) is 0 Å². The summed E-state index contributed by atoms with van der Waals surface area (Å²) in [5.74, 6) is 3.42. The summed E-state index contributed by atoms with van der Waals surface area (Å²) in [5, 5.41) is 7.18. The van der Waals surface area contributed by atoms with Crippen molar-refractivity contribution in [2.75, 3.05) is 53.0 Å². The SMILES string of the molecule is CN=C(NCC(c1ccc(C)o1)N1CCOCC1)NC1CN(C(C)C)CC1C. The van der Waals surface area contributed by atoms with Crippen LogP contribution in [0.5, 0.6) is 0 Å². The predicted molar refractivity (Wildman–Crippen MR) is 113 cm³/mol. The number of hydrogen-bond acceptors (Lipinski definition) is 5. The minimum Gasteiger partial charge on any atom is -0.465 e. The molecule has 0 bridgehead atoms. The van der Waals surface area contributed by atoms with Crippen molar-refractivity contribution < 1.29 is 9.15 Å². The molecule has 2 saturated heterocycles. The number of hydrogen-bond donors (Lipinski definition) is 2. The first-order valence-corrected chi connectivity index (χ1v) is 10.6. The molecule has 2 N–H and O–H groups in total. The van der Waals surface area contributed by atoms with Gasteiger partial charge in [-0.25, -0.2) is 0 Å². The van der Waals surface area contributed by atoms with Gasteiger partial charge in [0, 0.05) is 51.9 Å². The standard InChI is InChI=1S/C21H37N5O2/c1-15(2)26-13-16(3)18(14-26)24-21(22-5)23-12-19(20-7-6-17(4)28-20)25-8-10-27-11-9-25/h6-7,15-16,18-19H,8-14H2,1-5H3,(H2,22,23,24). The Balaban J connectivity index is 1.61. The summed E-state index contributed by atoms with van der Waals surface area (Å²) in [5.41, 5.74) is 0. The molecule has 0 saturated carbocycles. The van der Waals surface area contributed by atoms with E-state index < -0.39 is 0 Å². The molecule has 28 heavy (non-hydrogen) atoms. The monoisotopic (exact) mass is 391 g/mol. The Labute approximate surface area is 169 Å². The second-order valence-electron chi connectivity index (χ2n) is 8.34. The van der Waals surface area contributed by atoms with E-state index in [1.165, 1.54) is 0 Å². The fourth-order valence-electron chi connectivity index (χ4n) is 4.11. The van der Waals surface area contributed by atoms with Crippen molar-refractivity contribution in [2.24, 2.45) is 10.9 Å². The summed E-state index contributed by atoms with van der Waals surface area (Å²) in [7, 11) is 1.84. The van der Waals surface area contributed by atoms with Crippen molar-refractivity contribution in [1.82, 2.24) is 20.4 Å². The Kier molecular flexibility index (Phi) is 7.37. The van der Waals surface area contributed by atoms with Gasteiger partial charge < -0.3 is 19.8 Å². The van der Waals surface area contributed by atoms with Crippen LogP contribution in [0.2, 0.25) is 0 Å². The van der Waals surface area contributed by atoms with Gasteiger partial charge in [-0.3, -0.25) is 14.8 Å². The van der Waals surface area contributed by atoms with Crippen LogP contribution in [0.25, 0.3) is 0 Å². The Bertz CT molecular complexity index is 638. The van der Waals surface area contributed by atoms with Gasteiger partial charge in [-0.15, -0.1) is 0 Å². The zero-order valence-electron chi connectivity index (χ0n) is 18.1. The highest BCUT2D eigenvalue weighted by Gasteiger charge is 2.32. The molecule has 3 atom stereocenters. The van der Waals surface area contributed by atoms with Crippen molar-refractivity contribution >= 4 is 5.96 Å². The molecule has 3 unspecified atom stereocenters. The summed E-state index contributed by atoms with van der Waals surface area (Å²) >= 11 is 0. The highest BCUT2D eigenvalue weighted by Crippen LogP contribution is 2.23. The lowest BCUT2D eigenvalue weighted by atomic mass is 10.1. The van der Waals surface area contributed by atoms with Crippen LogP contribution in [0.1, 0.15) is 38.3 Å². The third-order valence-corrected chi connectivity index (χ3v) is 5.96. The number of nitrogens with one attached hydrogen (secondary N) is 2. The summed E-state index contributed by atoms with van der Waals surface area (Å²) in [6.07, 6.45) is 0. The molecule has 3 rings (SSSR count). The summed E-state index contributed by atoms with van der Waals surface area (Å²) in [6, 6.07) is 5.30. The van der Waals surface area contributed by atoms with Crippen molar-refractivity contribution in [1.29, 1.82) is 0 Å². The molecule has 7 heteroatoms. The van der Waals surface area contributed by atoms with Crippen molar-refractivity contribution in [2.45, 2.75) is 45.8 Å². The largest absolute Gasteiger partial charge is 0.465 e. The van der Waals surface area contributed by atoms with Gasteiger partial charge in [-0.2, -0.15) is 0 Å². The van der Waals surface area contributed by atoms with Gasteiger partial charge in [-0.05, 0) is 38.8 Å². The fraction of sp³-hybridized carbons (Fsp3) is 0.762. The van der Waals surface area contributed by atoms with E-state index in [1.807, 2.05) is 20.0 Å². The summed E-state index contributed by atoms with van der Waals surface area (Å²) in [6.45, 7) is 15.2. The Morgan fingerprint density at radius 1 is 1.21 bits per heavy atom. The molecule has 2 fully saturated rings. The zero-order valence-corrected chi connectivity index (χ0v) is 18.1. The quantitative estimate of drug-likeness (QED) is 0.570. The van der Waals surface area contributed by atoms with E-state index in [2.05, 4.69) is 52.3 Å². The third-order valence-electron chi connectivity index (χ3n) is 5.96. The number of aryl methyl sites for hydroxylation is 1. The topological polar surface area (TPSA) is 65.3 Å². The van der Waals surface area contributed by atoms with Gasteiger partial charge >= 0.3 is 0 Å². The maximum Gasteiger partial charge on any atom is 0.191 e. The number of rotatable bonds is 6. The molecule has 2 aliphatic rings. The Morgan fingerprint density at radius 3 is 2.54 bits per heavy atom. The van der Waals surface area contributed by atoms with Crippen LogP contribution in [0.4, 0.5) is 0 Å². The average Bonchev–Trinajstić information content (AvgIpc) is 3.28. The third kappa shape index (κ3) is 5.27. The number of likely N-dealkylation sites (tertiary alicyclic amines) is 1. The number of guanidine groups is 1. The van der Waals surface area contributed by atoms with E-state index in [1.54, 1.807) is 0 Å². The van der Waals surface area contributed by atoms with Crippen molar-refractivity contribution in [3.8, 4) is 0 Å². The fourth-order valence-corrected chi connectivity index (χ4v) is 4.11. The molecule has 0 spiro atoms. The molecule has 0 radical (unpaired) electrons. The molecule has 0 aliphatic carbocycles. The zero-order chi connectivity index (χ0) is 20.1. The van der Waals surface area contributed by atoms with E-state index >= 15 is 0 Å². The lowest BCUT2D eigenvalue weighted by Crippen LogP contribution is -2.50. The number of aliphatic imine (C=N–C) groups is 1. The van der Waals surface area contributed by atoms with Crippen LogP contribution in [-0.2, 0) is 4.74 Å². The second-order valence-corrected chi connectivity index (χ2v) is 8.34. The van der Waals surface area contributed by atoms with E-state index in [0.29, 0.717) is 18.0 Å². The minimum atomic E-state index is 0.171. The summed E-state index contributed by atoms with van der Waals surface area (Å²) in [4.78, 5) is 9.43. The minimum absolute atomic E-state index is 0.171. The predicted octanol–water partition coefficient (Wildman–Crippen LogP) is 1.86. The first-order chi connectivity index (χ1) is 13.5. The molecule has 3 heterocycles. The maximum atomic E-state index is 5.97. The molecular formula is C21H37N5O2. The highest BCUT2D eigenvalue weighted by atomic mass is 16.5. The number of nitrogens with zero attached hydrogens (tertiary/aromatic N) is 3. The molecule has 0 amide bonds. The normalized spacial score (nSPS) is 26.0. The lowest BCUT2D eigenvalue weighted by molar-refractivity contribution is 0.0124. The van der Waals surface area contributed by atoms with Crippen LogP contribution in [0.3, 0.4) is 0 Å². The van der Waals surface area contributed by atoms with Crippen molar-refractivity contribution in [3.63, 3.8) is 0 Å². The van der Waals surface area contributed by atoms with Crippen LogP contribution < -0.4 is 10.6 Å². The molecule has 0 aromatic carbocycles. The van der Waals surface area contributed by atoms with E-state index in [4.69, 9.17) is 9.15 Å².